The highest BCUT2D eigenvalue weighted by Gasteiger charge is 2.17. The molecule has 1 atom stereocenters. The highest BCUT2D eigenvalue weighted by Crippen LogP contribution is 2.15. The standard InChI is InChI=1S/C14H17N5O2/c20-14(7-13-8-15-4-5-21-13)18-11-2-1-3-12(6-11)19-9-16-17-10-19/h1-3,6,9-10,13,15H,4-5,7-8H2,(H,18,20). The molecule has 0 aliphatic carbocycles. The highest BCUT2D eigenvalue weighted by molar-refractivity contribution is 5.91. The van der Waals surface area contributed by atoms with Gasteiger partial charge < -0.3 is 15.4 Å². The zero-order chi connectivity index (χ0) is 14.5. The second kappa shape index (κ2) is 6.47. The van der Waals surface area contributed by atoms with Gasteiger partial charge in [0.25, 0.3) is 0 Å². The van der Waals surface area contributed by atoms with Gasteiger partial charge in [-0.1, -0.05) is 6.07 Å². The van der Waals surface area contributed by atoms with E-state index in [2.05, 4.69) is 20.8 Å². The summed E-state index contributed by atoms with van der Waals surface area (Å²) in [5.74, 6) is -0.0513. The smallest absolute Gasteiger partial charge is 0.227 e. The fourth-order valence-electron chi connectivity index (χ4n) is 2.25. The van der Waals surface area contributed by atoms with E-state index in [4.69, 9.17) is 4.74 Å². The lowest BCUT2D eigenvalue weighted by Crippen LogP contribution is -2.40. The Morgan fingerprint density at radius 3 is 3.05 bits per heavy atom. The van der Waals surface area contributed by atoms with Crippen molar-refractivity contribution in [2.45, 2.75) is 12.5 Å². The van der Waals surface area contributed by atoms with Gasteiger partial charge in [0.1, 0.15) is 12.7 Å². The summed E-state index contributed by atoms with van der Waals surface area (Å²) in [6.45, 7) is 2.22. The number of nitrogens with zero attached hydrogens (tertiary/aromatic N) is 3. The van der Waals surface area contributed by atoms with Crippen molar-refractivity contribution in [2.24, 2.45) is 0 Å². The number of ether oxygens (including phenoxy) is 1. The van der Waals surface area contributed by atoms with Crippen molar-refractivity contribution < 1.29 is 9.53 Å². The van der Waals surface area contributed by atoms with E-state index in [1.54, 1.807) is 17.2 Å². The van der Waals surface area contributed by atoms with Gasteiger partial charge in [0.2, 0.25) is 5.91 Å². The molecule has 7 nitrogen and oxygen atoms in total. The monoisotopic (exact) mass is 287 g/mol. The zero-order valence-electron chi connectivity index (χ0n) is 11.5. The van der Waals surface area contributed by atoms with E-state index >= 15 is 0 Å². The Labute approximate surface area is 122 Å². The quantitative estimate of drug-likeness (QED) is 0.860. The van der Waals surface area contributed by atoms with Crippen molar-refractivity contribution in [2.75, 3.05) is 25.0 Å². The number of aromatic nitrogens is 3. The van der Waals surface area contributed by atoms with Gasteiger partial charge in [0.15, 0.2) is 0 Å². The summed E-state index contributed by atoms with van der Waals surface area (Å²) < 4.78 is 7.31. The van der Waals surface area contributed by atoms with Crippen LogP contribution >= 0.6 is 0 Å². The lowest BCUT2D eigenvalue weighted by atomic mass is 10.2. The molecule has 1 aromatic carbocycles. The summed E-state index contributed by atoms with van der Waals surface area (Å²) in [4.78, 5) is 12.0. The molecular weight excluding hydrogens is 270 g/mol. The summed E-state index contributed by atoms with van der Waals surface area (Å²) >= 11 is 0. The first kappa shape index (κ1) is 13.7. The minimum atomic E-state index is -0.0558. The predicted octanol–water partition coefficient (Wildman–Crippen LogP) is 0.584. The molecule has 0 spiro atoms. The largest absolute Gasteiger partial charge is 0.375 e. The number of nitrogens with one attached hydrogen (secondary N) is 2. The molecule has 2 N–H and O–H groups in total. The Kier molecular flexibility index (Phi) is 4.23. The van der Waals surface area contributed by atoms with Crippen molar-refractivity contribution in [3.8, 4) is 5.69 Å². The summed E-state index contributed by atoms with van der Waals surface area (Å²) in [6.07, 6.45) is 3.52. The van der Waals surface area contributed by atoms with E-state index in [1.807, 2.05) is 24.3 Å². The molecule has 1 fully saturated rings. The number of benzene rings is 1. The first-order valence-electron chi connectivity index (χ1n) is 6.88. The molecule has 2 aromatic rings. The number of hydrogen-bond acceptors (Lipinski definition) is 5. The summed E-state index contributed by atoms with van der Waals surface area (Å²) in [5, 5.41) is 13.6. The number of carbonyl (C=O) groups excluding carboxylic acids is 1. The second-order valence-electron chi connectivity index (χ2n) is 4.87. The Morgan fingerprint density at radius 2 is 2.29 bits per heavy atom. The summed E-state index contributed by atoms with van der Waals surface area (Å²) in [5.41, 5.74) is 1.64. The van der Waals surface area contributed by atoms with Crippen LogP contribution in [0.2, 0.25) is 0 Å². The predicted molar refractivity (Wildman–Crippen MR) is 77.2 cm³/mol. The van der Waals surface area contributed by atoms with E-state index < -0.39 is 0 Å². The van der Waals surface area contributed by atoms with Crippen molar-refractivity contribution >= 4 is 11.6 Å². The molecule has 110 valence electrons. The molecule has 1 saturated heterocycles. The van der Waals surface area contributed by atoms with Crippen molar-refractivity contribution in [3.63, 3.8) is 0 Å². The molecule has 1 aliphatic rings. The van der Waals surface area contributed by atoms with E-state index in [0.717, 1.165) is 17.9 Å². The fourth-order valence-corrected chi connectivity index (χ4v) is 2.25. The normalized spacial score (nSPS) is 18.4. The van der Waals surface area contributed by atoms with Crippen molar-refractivity contribution in [3.05, 3.63) is 36.9 Å². The molecule has 1 amide bonds. The number of carbonyl (C=O) groups is 1. The van der Waals surface area contributed by atoms with Crippen LogP contribution in [0, 0.1) is 0 Å². The Balaban J connectivity index is 1.62. The molecule has 0 saturated carbocycles. The molecule has 0 bridgehead atoms. The molecular formula is C14H17N5O2. The van der Waals surface area contributed by atoms with Gasteiger partial charge in [-0.05, 0) is 18.2 Å². The van der Waals surface area contributed by atoms with Crippen LogP contribution in [0.1, 0.15) is 6.42 Å². The van der Waals surface area contributed by atoms with E-state index in [9.17, 15) is 4.79 Å². The van der Waals surface area contributed by atoms with Gasteiger partial charge in [-0.25, -0.2) is 0 Å². The number of amides is 1. The third-order valence-electron chi connectivity index (χ3n) is 3.26. The van der Waals surface area contributed by atoms with Crippen molar-refractivity contribution in [1.29, 1.82) is 0 Å². The molecule has 21 heavy (non-hydrogen) atoms. The number of rotatable bonds is 4. The van der Waals surface area contributed by atoms with Gasteiger partial charge in [-0.15, -0.1) is 10.2 Å². The van der Waals surface area contributed by atoms with Crippen LogP contribution in [0.5, 0.6) is 0 Å². The van der Waals surface area contributed by atoms with E-state index in [0.29, 0.717) is 19.6 Å². The third kappa shape index (κ3) is 3.65. The van der Waals surface area contributed by atoms with Crippen LogP contribution in [0.25, 0.3) is 5.69 Å². The number of morpholine rings is 1. The molecule has 1 unspecified atom stereocenters. The molecule has 0 radical (unpaired) electrons. The van der Waals surface area contributed by atoms with Crippen LogP contribution in [0.4, 0.5) is 5.69 Å². The van der Waals surface area contributed by atoms with E-state index in [1.165, 1.54) is 0 Å². The average molecular weight is 287 g/mol. The minimum absolute atomic E-state index is 0.0513. The lowest BCUT2D eigenvalue weighted by molar-refractivity contribution is -0.119. The van der Waals surface area contributed by atoms with E-state index in [-0.39, 0.29) is 12.0 Å². The fraction of sp³-hybridized carbons (Fsp3) is 0.357. The van der Waals surface area contributed by atoms with Gasteiger partial charge >= 0.3 is 0 Å². The SMILES string of the molecule is O=C(CC1CNCCO1)Nc1cccc(-n2cnnc2)c1. The van der Waals surface area contributed by atoms with Crippen LogP contribution in [-0.2, 0) is 9.53 Å². The first-order valence-corrected chi connectivity index (χ1v) is 6.88. The summed E-state index contributed by atoms with van der Waals surface area (Å²) in [7, 11) is 0. The molecule has 3 rings (SSSR count). The second-order valence-corrected chi connectivity index (χ2v) is 4.87. The first-order chi connectivity index (χ1) is 10.3. The molecule has 2 heterocycles. The maximum atomic E-state index is 12.0. The van der Waals surface area contributed by atoms with Gasteiger partial charge in [0.05, 0.1) is 24.8 Å². The van der Waals surface area contributed by atoms with Crippen molar-refractivity contribution in [1.82, 2.24) is 20.1 Å². The topological polar surface area (TPSA) is 81.1 Å². The Bertz CT molecular complexity index is 593. The highest BCUT2D eigenvalue weighted by atomic mass is 16.5. The molecule has 1 aromatic heterocycles. The van der Waals surface area contributed by atoms with Crippen LogP contribution in [0.15, 0.2) is 36.9 Å². The van der Waals surface area contributed by atoms with Crippen LogP contribution in [0.3, 0.4) is 0 Å². The zero-order valence-corrected chi connectivity index (χ0v) is 11.5. The molecule has 7 heteroatoms. The summed E-state index contributed by atoms with van der Waals surface area (Å²) in [6, 6.07) is 7.53. The maximum absolute atomic E-state index is 12.0. The molecule has 1 aliphatic heterocycles. The number of anilines is 1. The average Bonchev–Trinajstić information content (AvgIpc) is 3.02. The minimum Gasteiger partial charge on any atom is -0.375 e. The van der Waals surface area contributed by atoms with Gasteiger partial charge in [-0.3, -0.25) is 9.36 Å². The lowest BCUT2D eigenvalue weighted by Gasteiger charge is -2.23. The van der Waals surface area contributed by atoms with Gasteiger partial charge in [0, 0.05) is 18.8 Å². The van der Waals surface area contributed by atoms with Crippen LogP contribution < -0.4 is 10.6 Å². The Hall–Kier alpha value is -2.25. The number of hydrogen-bond donors (Lipinski definition) is 2. The maximum Gasteiger partial charge on any atom is 0.227 e. The Morgan fingerprint density at radius 1 is 1.43 bits per heavy atom. The third-order valence-corrected chi connectivity index (χ3v) is 3.26. The van der Waals surface area contributed by atoms with Crippen LogP contribution in [-0.4, -0.2) is 46.5 Å². The van der Waals surface area contributed by atoms with Gasteiger partial charge in [-0.2, -0.15) is 0 Å².